The number of nitrogens with zero attached hydrogens (tertiary/aromatic N) is 1. The predicted molar refractivity (Wildman–Crippen MR) is 173 cm³/mol. The van der Waals surface area contributed by atoms with Gasteiger partial charge in [-0.25, -0.2) is 4.79 Å². The van der Waals surface area contributed by atoms with E-state index in [2.05, 4.69) is 45.6 Å². The zero-order valence-electron chi connectivity index (χ0n) is 22.6. The molecule has 6 heteroatoms. The molecule has 0 aliphatic rings. The number of hydrazone groups is 1. The normalized spacial score (nSPS) is 12.3. The summed E-state index contributed by atoms with van der Waals surface area (Å²) in [6.07, 6.45) is 0.331. The van der Waals surface area contributed by atoms with Crippen molar-refractivity contribution < 1.29 is 9.52 Å². The Hall–Kier alpha value is -4.94. The van der Waals surface area contributed by atoms with Crippen LogP contribution in [0.5, 0.6) is 5.75 Å². The molecular weight excluding hydrogens is 588 g/mol. The molecule has 0 spiro atoms. The molecule has 0 aliphatic heterocycles. The Morgan fingerprint density at radius 3 is 2.05 bits per heavy atom. The molecule has 0 fully saturated rings. The fourth-order valence-corrected chi connectivity index (χ4v) is 5.35. The first-order valence-electron chi connectivity index (χ1n) is 13.6. The summed E-state index contributed by atoms with van der Waals surface area (Å²) in [6.45, 7) is 0. The molecule has 0 radical (unpaired) electrons. The van der Waals surface area contributed by atoms with Crippen molar-refractivity contribution in [1.82, 2.24) is 0 Å². The minimum absolute atomic E-state index is 0.0725. The van der Waals surface area contributed by atoms with E-state index in [1.165, 1.54) is 0 Å². The zero-order chi connectivity index (χ0) is 28.9. The van der Waals surface area contributed by atoms with Crippen LogP contribution in [0.15, 0.2) is 152 Å². The maximum absolute atomic E-state index is 13.4. The number of hydrogen-bond acceptors (Lipinski definition) is 5. The third kappa shape index (κ3) is 5.90. The molecule has 0 saturated carbocycles. The van der Waals surface area contributed by atoms with Crippen molar-refractivity contribution in [3.05, 3.63) is 165 Å². The summed E-state index contributed by atoms with van der Waals surface area (Å²) in [5.41, 5.74) is 8.67. The third-order valence-electron chi connectivity index (χ3n) is 7.26. The van der Waals surface area contributed by atoms with E-state index in [0.717, 1.165) is 38.1 Å². The molecule has 0 amide bonds. The largest absolute Gasteiger partial charge is 0.507 e. The Morgan fingerprint density at radius 1 is 0.762 bits per heavy atom. The van der Waals surface area contributed by atoms with Crippen LogP contribution in [-0.4, -0.2) is 10.8 Å². The quantitative estimate of drug-likeness (QED) is 0.102. The van der Waals surface area contributed by atoms with Crippen LogP contribution in [0, 0.1) is 0 Å². The van der Waals surface area contributed by atoms with Crippen LogP contribution in [0.3, 0.4) is 0 Å². The molecule has 0 saturated heterocycles. The first kappa shape index (κ1) is 27.2. The summed E-state index contributed by atoms with van der Waals surface area (Å²) >= 11 is 3.50. The smallest absolute Gasteiger partial charge is 0.343 e. The van der Waals surface area contributed by atoms with Gasteiger partial charge in [-0.05, 0) is 58.7 Å². The van der Waals surface area contributed by atoms with Gasteiger partial charge in [0.25, 0.3) is 0 Å². The third-order valence-corrected chi connectivity index (χ3v) is 7.79. The van der Waals surface area contributed by atoms with Gasteiger partial charge in [-0.3, -0.25) is 5.43 Å². The lowest BCUT2D eigenvalue weighted by molar-refractivity contribution is 0.452. The number of para-hydroxylation sites is 2. The molecule has 1 unspecified atom stereocenters. The first-order chi connectivity index (χ1) is 20.6. The lowest BCUT2D eigenvalue weighted by Crippen LogP contribution is -2.18. The van der Waals surface area contributed by atoms with Gasteiger partial charge in [0.05, 0.1) is 22.3 Å². The van der Waals surface area contributed by atoms with Gasteiger partial charge in [-0.2, -0.15) is 5.10 Å². The molecule has 6 rings (SSSR count). The predicted octanol–water partition coefficient (Wildman–Crippen LogP) is 8.97. The van der Waals surface area contributed by atoms with Crippen LogP contribution in [0.2, 0.25) is 0 Å². The summed E-state index contributed by atoms with van der Waals surface area (Å²) in [5, 5.41) is 16.7. The van der Waals surface area contributed by atoms with E-state index < -0.39 is 11.5 Å². The van der Waals surface area contributed by atoms with Crippen LogP contribution in [0.25, 0.3) is 22.1 Å². The summed E-state index contributed by atoms with van der Waals surface area (Å²) in [4.78, 5) is 13.4. The molecule has 6 aromatic rings. The summed E-state index contributed by atoms with van der Waals surface area (Å²) in [6, 6.07) is 42.8. The van der Waals surface area contributed by atoms with Crippen LogP contribution in [0.4, 0.5) is 5.69 Å². The minimum atomic E-state index is -0.569. The number of aromatic hydroxyl groups is 1. The van der Waals surface area contributed by atoms with Crippen molar-refractivity contribution in [2.45, 2.75) is 12.3 Å². The van der Waals surface area contributed by atoms with Crippen LogP contribution in [0.1, 0.15) is 29.0 Å². The van der Waals surface area contributed by atoms with E-state index in [4.69, 9.17) is 9.52 Å². The van der Waals surface area contributed by atoms with Gasteiger partial charge < -0.3 is 9.52 Å². The number of nitrogens with one attached hydrogen (secondary N) is 1. The topological polar surface area (TPSA) is 74.8 Å². The lowest BCUT2D eigenvalue weighted by Gasteiger charge is -2.20. The molecule has 1 aromatic heterocycles. The van der Waals surface area contributed by atoms with Crippen molar-refractivity contribution in [2.24, 2.45) is 5.10 Å². The van der Waals surface area contributed by atoms with Gasteiger partial charge in [-0.15, -0.1) is 0 Å². The highest BCUT2D eigenvalue weighted by atomic mass is 79.9. The SMILES string of the molecule is O=c1oc2ccccc2c(O)c1C(C/C(=N/Nc1ccccc1)c1ccc(-c2ccc(Br)cc2)cc1)c1ccccc1. The Balaban J connectivity index is 1.45. The van der Waals surface area contributed by atoms with Crippen LogP contribution in [-0.2, 0) is 0 Å². The number of anilines is 1. The fourth-order valence-electron chi connectivity index (χ4n) is 5.09. The van der Waals surface area contributed by atoms with Crippen LogP contribution < -0.4 is 11.1 Å². The van der Waals surface area contributed by atoms with Crippen molar-refractivity contribution in [3.63, 3.8) is 0 Å². The van der Waals surface area contributed by atoms with Crippen molar-refractivity contribution in [3.8, 4) is 16.9 Å². The maximum atomic E-state index is 13.4. The minimum Gasteiger partial charge on any atom is -0.507 e. The number of rotatable bonds is 8. The average Bonchev–Trinajstić information content (AvgIpc) is 3.03. The van der Waals surface area contributed by atoms with Crippen molar-refractivity contribution in [1.29, 1.82) is 0 Å². The molecule has 5 aromatic carbocycles. The molecule has 206 valence electrons. The van der Waals surface area contributed by atoms with Crippen molar-refractivity contribution >= 4 is 38.3 Å². The highest BCUT2D eigenvalue weighted by molar-refractivity contribution is 9.10. The van der Waals surface area contributed by atoms with Gasteiger partial charge >= 0.3 is 5.63 Å². The second kappa shape index (κ2) is 12.3. The van der Waals surface area contributed by atoms with Gasteiger partial charge in [0.2, 0.25) is 0 Å². The molecule has 42 heavy (non-hydrogen) atoms. The maximum Gasteiger partial charge on any atom is 0.343 e. The van der Waals surface area contributed by atoms with E-state index in [-0.39, 0.29) is 11.3 Å². The second-order valence-corrected chi connectivity index (χ2v) is 10.9. The van der Waals surface area contributed by atoms with Gasteiger partial charge in [0.15, 0.2) is 0 Å². The van der Waals surface area contributed by atoms with Crippen molar-refractivity contribution in [2.75, 3.05) is 5.43 Å². The number of hydrogen-bond donors (Lipinski definition) is 2. The summed E-state index contributed by atoms with van der Waals surface area (Å²) in [7, 11) is 0. The zero-order valence-corrected chi connectivity index (χ0v) is 24.2. The van der Waals surface area contributed by atoms with E-state index in [1.54, 1.807) is 18.2 Å². The Labute approximate surface area is 251 Å². The Bertz CT molecular complexity index is 1900. The number of benzene rings is 5. The highest BCUT2D eigenvalue weighted by Gasteiger charge is 2.27. The van der Waals surface area contributed by atoms with Gasteiger partial charge in [0.1, 0.15) is 11.3 Å². The molecule has 2 N–H and O–H groups in total. The fraction of sp³-hybridized carbons (Fsp3) is 0.0556. The second-order valence-electron chi connectivity index (χ2n) is 9.94. The number of fused-ring (bicyclic) bond motifs is 1. The average molecular weight is 616 g/mol. The first-order valence-corrected chi connectivity index (χ1v) is 14.4. The lowest BCUT2D eigenvalue weighted by atomic mass is 9.85. The van der Waals surface area contributed by atoms with E-state index in [1.807, 2.05) is 91.0 Å². The monoisotopic (exact) mass is 614 g/mol. The Kier molecular flexibility index (Phi) is 7.97. The molecule has 1 atom stereocenters. The molecule has 0 aliphatic carbocycles. The molecule has 1 heterocycles. The van der Waals surface area contributed by atoms with E-state index in [9.17, 15) is 9.90 Å². The molecule has 0 bridgehead atoms. The van der Waals surface area contributed by atoms with Crippen LogP contribution >= 0.6 is 15.9 Å². The van der Waals surface area contributed by atoms with Gasteiger partial charge in [0, 0.05) is 16.8 Å². The Morgan fingerprint density at radius 2 is 1.36 bits per heavy atom. The summed E-state index contributed by atoms with van der Waals surface area (Å²) < 4.78 is 6.72. The molecule has 5 nitrogen and oxygen atoms in total. The van der Waals surface area contributed by atoms with Gasteiger partial charge in [-0.1, -0.05) is 113 Å². The molecular formula is C36H27BrN2O3. The standard InChI is InChI=1S/C36H27BrN2O3/c37-28-21-19-25(20-22-28)24-15-17-27(18-16-24)32(39-38-29-11-5-2-6-12-29)23-31(26-9-3-1-4-10-26)34-35(40)30-13-7-8-14-33(30)42-36(34)41/h1-22,31,38,40H,23H2/b39-32-. The van der Waals surface area contributed by atoms with E-state index in [0.29, 0.717) is 17.4 Å². The number of halogens is 1. The van der Waals surface area contributed by atoms with E-state index >= 15 is 0 Å². The highest BCUT2D eigenvalue weighted by Crippen LogP contribution is 2.37. The summed E-state index contributed by atoms with van der Waals surface area (Å²) in [5.74, 6) is -0.591.